The van der Waals surface area contributed by atoms with E-state index < -0.39 is 0 Å². The van der Waals surface area contributed by atoms with Gasteiger partial charge in [0.15, 0.2) is 0 Å². The molecule has 8 nitrogen and oxygen atoms in total. The predicted molar refractivity (Wildman–Crippen MR) is 144 cm³/mol. The van der Waals surface area contributed by atoms with Crippen molar-refractivity contribution in [3.63, 3.8) is 0 Å². The molecule has 0 bridgehead atoms. The number of anilines is 1. The number of H-pyrrole nitrogens is 2. The number of halogens is 1. The first-order valence-electron chi connectivity index (χ1n) is 12.5. The van der Waals surface area contributed by atoms with Crippen LogP contribution in [0.5, 0.6) is 0 Å². The number of nitrogens with zero attached hydrogens (tertiary/aromatic N) is 4. The number of rotatable bonds is 5. The number of fused-ring (bicyclic) bond motifs is 2. The van der Waals surface area contributed by atoms with Crippen molar-refractivity contribution in [1.29, 1.82) is 0 Å². The van der Waals surface area contributed by atoms with Crippen LogP contribution < -0.4 is 5.32 Å². The normalized spacial score (nSPS) is 13.6. The molecular formula is C29H22FN7O. The molecule has 3 N–H and O–H groups in total. The maximum Gasteiger partial charge on any atom is 0.227 e. The van der Waals surface area contributed by atoms with Gasteiger partial charge in [-0.3, -0.25) is 19.9 Å². The van der Waals surface area contributed by atoms with Crippen molar-refractivity contribution in [1.82, 2.24) is 30.1 Å². The quantitative estimate of drug-likeness (QED) is 0.263. The van der Waals surface area contributed by atoms with E-state index in [9.17, 15) is 9.18 Å². The Kier molecular flexibility index (Phi) is 5.21. The molecule has 1 saturated carbocycles. The van der Waals surface area contributed by atoms with E-state index >= 15 is 0 Å². The summed E-state index contributed by atoms with van der Waals surface area (Å²) in [5, 5.41) is 11.4. The van der Waals surface area contributed by atoms with Crippen molar-refractivity contribution in [3.8, 4) is 33.9 Å². The first-order chi connectivity index (χ1) is 18.6. The van der Waals surface area contributed by atoms with E-state index in [2.05, 4.69) is 30.5 Å². The van der Waals surface area contributed by atoms with Gasteiger partial charge in [0, 0.05) is 40.3 Å². The summed E-state index contributed by atoms with van der Waals surface area (Å²) in [6.45, 7) is 0. The Hall–Kier alpha value is -4.92. The zero-order chi connectivity index (χ0) is 25.6. The van der Waals surface area contributed by atoms with Gasteiger partial charge in [0.1, 0.15) is 17.0 Å². The van der Waals surface area contributed by atoms with Crippen LogP contribution >= 0.6 is 0 Å². The molecule has 0 unspecified atom stereocenters. The molecule has 1 amide bonds. The minimum atomic E-state index is -0.312. The molecule has 1 aliphatic carbocycles. The minimum absolute atomic E-state index is 0.0432. The lowest BCUT2D eigenvalue weighted by Crippen LogP contribution is -2.28. The second-order valence-corrected chi connectivity index (χ2v) is 9.56. The molecule has 0 aliphatic heterocycles. The Bertz CT molecular complexity index is 1840. The highest BCUT2D eigenvalue weighted by Gasteiger charge is 2.25. The van der Waals surface area contributed by atoms with Gasteiger partial charge in [-0.2, -0.15) is 5.10 Å². The fraction of sp³-hybridized carbons (Fsp3) is 0.138. The van der Waals surface area contributed by atoms with Crippen LogP contribution in [-0.4, -0.2) is 36.0 Å². The van der Waals surface area contributed by atoms with Crippen LogP contribution in [0.1, 0.15) is 19.3 Å². The van der Waals surface area contributed by atoms with Crippen LogP contribution in [0.4, 0.5) is 10.1 Å². The SMILES string of the molecule is O=C(Nc1cncc(-c2ccc3[nH]nc(-c4cc5c(-c6cccc(F)c6)nccc5[nH]4)c3n2)c1)C1CCC1. The average molecular weight is 504 g/mol. The average Bonchev–Trinajstić information content (AvgIpc) is 3.51. The van der Waals surface area contributed by atoms with Crippen LogP contribution in [0.25, 0.3) is 55.8 Å². The van der Waals surface area contributed by atoms with Crippen LogP contribution in [0.2, 0.25) is 0 Å². The van der Waals surface area contributed by atoms with Gasteiger partial charge in [0.05, 0.1) is 34.5 Å². The smallest absolute Gasteiger partial charge is 0.227 e. The van der Waals surface area contributed by atoms with Crippen LogP contribution in [-0.2, 0) is 4.79 Å². The monoisotopic (exact) mass is 503 g/mol. The summed E-state index contributed by atoms with van der Waals surface area (Å²) in [4.78, 5) is 29.5. The molecule has 9 heteroatoms. The summed E-state index contributed by atoms with van der Waals surface area (Å²) in [6.07, 6.45) is 8.06. The summed E-state index contributed by atoms with van der Waals surface area (Å²) < 4.78 is 13.9. The minimum Gasteiger partial charge on any atom is -0.353 e. The van der Waals surface area contributed by atoms with E-state index in [-0.39, 0.29) is 17.6 Å². The van der Waals surface area contributed by atoms with Crippen molar-refractivity contribution >= 4 is 33.5 Å². The Morgan fingerprint density at radius 1 is 0.974 bits per heavy atom. The highest BCUT2D eigenvalue weighted by atomic mass is 19.1. The molecule has 0 saturated heterocycles. The maximum atomic E-state index is 13.9. The number of aromatic amines is 2. The highest BCUT2D eigenvalue weighted by molar-refractivity contribution is 5.99. The molecule has 1 aliphatic rings. The highest BCUT2D eigenvalue weighted by Crippen LogP contribution is 2.34. The molecule has 6 aromatic rings. The van der Waals surface area contributed by atoms with Crippen LogP contribution in [0.15, 0.2) is 73.2 Å². The van der Waals surface area contributed by atoms with Gasteiger partial charge in [0.2, 0.25) is 5.91 Å². The molecule has 5 heterocycles. The van der Waals surface area contributed by atoms with Gasteiger partial charge in [0.25, 0.3) is 0 Å². The number of carbonyl (C=O) groups excluding carboxylic acids is 1. The molecule has 1 fully saturated rings. The van der Waals surface area contributed by atoms with Crippen molar-refractivity contribution < 1.29 is 9.18 Å². The lowest BCUT2D eigenvalue weighted by molar-refractivity contribution is -0.122. The number of hydrogen-bond donors (Lipinski definition) is 3. The summed E-state index contributed by atoms with van der Waals surface area (Å²) in [5.41, 5.74) is 7.31. The number of carbonyl (C=O) groups is 1. The largest absolute Gasteiger partial charge is 0.353 e. The molecule has 5 aromatic heterocycles. The number of nitrogens with one attached hydrogen (secondary N) is 3. The summed E-state index contributed by atoms with van der Waals surface area (Å²) >= 11 is 0. The maximum absolute atomic E-state index is 13.9. The van der Waals surface area contributed by atoms with E-state index in [4.69, 9.17) is 4.98 Å². The number of hydrogen-bond acceptors (Lipinski definition) is 5. The van der Waals surface area contributed by atoms with Crippen LogP contribution in [0.3, 0.4) is 0 Å². The first kappa shape index (κ1) is 22.3. The summed E-state index contributed by atoms with van der Waals surface area (Å²) in [5.74, 6) is -0.176. The van der Waals surface area contributed by atoms with Crippen molar-refractivity contribution in [3.05, 3.63) is 79.0 Å². The number of aromatic nitrogens is 6. The topological polar surface area (TPSA) is 112 Å². The second-order valence-electron chi connectivity index (χ2n) is 9.56. The zero-order valence-electron chi connectivity index (χ0n) is 20.2. The lowest BCUT2D eigenvalue weighted by Gasteiger charge is -2.24. The molecule has 38 heavy (non-hydrogen) atoms. The van der Waals surface area contributed by atoms with Gasteiger partial charge in [-0.05, 0) is 55.3 Å². The number of pyridine rings is 3. The van der Waals surface area contributed by atoms with E-state index in [1.807, 2.05) is 36.4 Å². The fourth-order valence-corrected chi connectivity index (χ4v) is 4.86. The van der Waals surface area contributed by atoms with Crippen molar-refractivity contribution in [2.24, 2.45) is 5.92 Å². The fourth-order valence-electron chi connectivity index (χ4n) is 4.86. The van der Waals surface area contributed by atoms with E-state index in [1.165, 1.54) is 12.1 Å². The lowest BCUT2D eigenvalue weighted by atomic mass is 9.85. The third-order valence-electron chi connectivity index (χ3n) is 7.09. The third-order valence-corrected chi connectivity index (χ3v) is 7.09. The van der Waals surface area contributed by atoms with E-state index in [0.717, 1.165) is 46.9 Å². The molecule has 186 valence electrons. The summed E-state index contributed by atoms with van der Waals surface area (Å²) in [6, 6.07) is 16.0. The van der Waals surface area contributed by atoms with Gasteiger partial charge < -0.3 is 10.3 Å². The summed E-state index contributed by atoms with van der Waals surface area (Å²) in [7, 11) is 0. The molecule has 0 radical (unpaired) electrons. The Morgan fingerprint density at radius 3 is 2.74 bits per heavy atom. The predicted octanol–water partition coefficient (Wildman–Crippen LogP) is 6.11. The Balaban J connectivity index is 1.26. The molecular weight excluding hydrogens is 481 g/mol. The third kappa shape index (κ3) is 3.88. The molecule has 0 atom stereocenters. The van der Waals surface area contributed by atoms with Crippen LogP contribution in [0, 0.1) is 11.7 Å². The van der Waals surface area contributed by atoms with Gasteiger partial charge in [-0.1, -0.05) is 18.6 Å². The van der Waals surface area contributed by atoms with E-state index in [0.29, 0.717) is 33.8 Å². The Labute approximate surface area is 216 Å². The molecule has 0 spiro atoms. The zero-order valence-corrected chi connectivity index (χ0v) is 20.2. The van der Waals surface area contributed by atoms with Gasteiger partial charge in [-0.15, -0.1) is 0 Å². The molecule has 1 aromatic carbocycles. The molecule has 7 rings (SSSR count). The van der Waals surface area contributed by atoms with Crippen molar-refractivity contribution in [2.45, 2.75) is 19.3 Å². The number of amides is 1. The van der Waals surface area contributed by atoms with E-state index in [1.54, 1.807) is 24.7 Å². The first-order valence-corrected chi connectivity index (χ1v) is 12.5. The Morgan fingerprint density at radius 2 is 1.89 bits per heavy atom. The van der Waals surface area contributed by atoms with Gasteiger partial charge in [-0.25, -0.2) is 9.37 Å². The van der Waals surface area contributed by atoms with Gasteiger partial charge >= 0.3 is 0 Å². The number of benzene rings is 1. The second kappa shape index (κ2) is 8.88. The standard InChI is InChI=1S/C29H22FN7O/c30-19-6-2-5-17(11-19)26-21-13-25(34-23(21)9-10-32-26)28-27-24(36-37-28)8-7-22(35-27)18-12-20(15-31-14-18)33-29(38)16-3-1-4-16/h2,5-16,34H,1,3-4H2,(H,33,38)(H,36,37). The van der Waals surface area contributed by atoms with Crippen molar-refractivity contribution in [2.75, 3.05) is 5.32 Å².